The van der Waals surface area contributed by atoms with Gasteiger partial charge in [0.25, 0.3) is 11.8 Å². The maximum atomic E-state index is 12.4. The van der Waals surface area contributed by atoms with Crippen LogP contribution in [0.1, 0.15) is 51.6 Å². The number of benzene rings is 2. The van der Waals surface area contributed by atoms with Crippen LogP contribution in [0.25, 0.3) is 0 Å². The van der Waals surface area contributed by atoms with Crippen LogP contribution in [0, 0.1) is 6.92 Å². The Morgan fingerprint density at radius 2 is 1.69 bits per heavy atom. The molecule has 1 heterocycles. The molecule has 3 amide bonds. The van der Waals surface area contributed by atoms with E-state index in [2.05, 4.69) is 12.2 Å². The van der Waals surface area contributed by atoms with E-state index in [0.29, 0.717) is 16.8 Å². The van der Waals surface area contributed by atoms with Gasteiger partial charge in [0.2, 0.25) is 5.91 Å². The van der Waals surface area contributed by atoms with Crippen molar-refractivity contribution in [3.8, 4) is 0 Å². The second kappa shape index (κ2) is 7.52. The van der Waals surface area contributed by atoms with Gasteiger partial charge in [-0.3, -0.25) is 19.3 Å². The molecule has 5 nitrogen and oxygen atoms in total. The van der Waals surface area contributed by atoms with Gasteiger partial charge in [0, 0.05) is 5.69 Å². The Morgan fingerprint density at radius 3 is 2.38 bits per heavy atom. The number of carbonyl (C=O) groups excluding carboxylic acids is 3. The Morgan fingerprint density at radius 1 is 1.00 bits per heavy atom. The van der Waals surface area contributed by atoms with Crippen LogP contribution in [-0.4, -0.2) is 29.2 Å². The van der Waals surface area contributed by atoms with Gasteiger partial charge >= 0.3 is 0 Å². The lowest BCUT2D eigenvalue weighted by Gasteiger charge is -2.13. The number of unbranched alkanes of at least 4 members (excludes halogenated alkanes) is 1. The van der Waals surface area contributed by atoms with Gasteiger partial charge in [0.05, 0.1) is 11.1 Å². The van der Waals surface area contributed by atoms with Crippen molar-refractivity contribution in [2.75, 3.05) is 11.9 Å². The number of fused-ring (bicyclic) bond motifs is 1. The van der Waals surface area contributed by atoms with E-state index in [1.165, 1.54) is 5.56 Å². The van der Waals surface area contributed by atoms with Crippen molar-refractivity contribution < 1.29 is 14.4 Å². The fourth-order valence-electron chi connectivity index (χ4n) is 3.03. The average Bonchev–Trinajstić information content (AvgIpc) is 2.85. The van der Waals surface area contributed by atoms with E-state index in [1.54, 1.807) is 18.2 Å². The molecule has 0 spiro atoms. The first-order valence-corrected chi connectivity index (χ1v) is 8.85. The molecule has 134 valence electrons. The van der Waals surface area contributed by atoms with Gasteiger partial charge in [0.15, 0.2) is 0 Å². The molecule has 0 fully saturated rings. The molecule has 0 radical (unpaired) electrons. The number of aryl methyl sites for hydroxylation is 2. The van der Waals surface area contributed by atoms with Gasteiger partial charge in [0.1, 0.15) is 6.54 Å². The Bertz CT molecular complexity index is 856. The minimum atomic E-state index is -0.421. The smallest absolute Gasteiger partial charge is 0.262 e. The molecule has 0 unspecified atom stereocenters. The molecular formula is C21H22N2O3. The monoisotopic (exact) mass is 350 g/mol. The predicted octanol–water partition coefficient (Wildman–Crippen LogP) is 3.57. The predicted molar refractivity (Wildman–Crippen MR) is 100 cm³/mol. The molecule has 0 saturated carbocycles. The third-order valence-electron chi connectivity index (χ3n) is 4.48. The van der Waals surface area contributed by atoms with Crippen LogP contribution in [-0.2, 0) is 11.2 Å². The zero-order valence-corrected chi connectivity index (χ0v) is 15.0. The topological polar surface area (TPSA) is 66.5 Å². The van der Waals surface area contributed by atoms with Crippen LogP contribution in [0.3, 0.4) is 0 Å². The van der Waals surface area contributed by atoms with Crippen molar-refractivity contribution in [3.63, 3.8) is 0 Å². The van der Waals surface area contributed by atoms with Crippen LogP contribution in [0.4, 0.5) is 5.69 Å². The highest BCUT2D eigenvalue weighted by atomic mass is 16.2. The maximum absolute atomic E-state index is 12.4. The molecule has 0 aliphatic carbocycles. The van der Waals surface area contributed by atoms with Crippen molar-refractivity contribution in [1.82, 2.24) is 4.90 Å². The summed E-state index contributed by atoms with van der Waals surface area (Å²) in [5.41, 5.74) is 3.50. The van der Waals surface area contributed by atoms with Crippen molar-refractivity contribution in [1.29, 1.82) is 0 Å². The number of hydrogen-bond donors (Lipinski definition) is 1. The molecule has 0 bridgehead atoms. The molecule has 3 rings (SSSR count). The van der Waals surface area contributed by atoms with Crippen molar-refractivity contribution in [2.24, 2.45) is 0 Å². The summed E-state index contributed by atoms with van der Waals surface area (Å²) in [6.45, 7) is 3.72. The lowest BCUT2D eigenvalue weighted by molar-refractivity contribution is -0.116. The number of hydrogen-bond acceptors (Lipinski definition) is 3. The second-order valence-electron chi connectivity index (χ2n) is 6.59. The van der Waals surface area contributed by atoms with Crippen LogP contribution in [0.15, 0.2) is 42.5 Å². The summed E-state index contributed by atoms with van der Waals surface area (Å²) in [5.74, 6) is -1.23. The molecule has 5 heteroatoms. The third-order valence-corrected chi connectivity index (χ3v) is 4.48. The molecule has 0 saturated heterocycles. The largest absolute Gasteiger partial charge is 0.325 e. The number of rotatable bonds is 6. The van der Waals surface area contributed by atoms with E-state index in [4.69, 9.17) is 0 Å². The van der Waals surface area contributed by atoms with Crippen molar-refractivity contribution in [3.05, 3.63) is 64.7 Å². The minimum Gasteiger partial charge on any atom is -0.325 e. The lowest BCUT2D eigenvalue weighted by Crippen LogP contribution is -2.37. The summed E-state index contributed by atoms with van der Waals surface area (Å²) >= 11 is 0. The van der Waals surface area contributed by atoms with Gasteiger partial charge in [-0.05, 0) is 49.6 Å². The molecule has 1 N–H and O–H groups in total. The number of carbonyl (C=O) groups is 3. The van der Waals surface area contributed by atoms with Crippen LogP contribution in [0.5, 0.6) is 0 Å². The van der Waals surface area contributed by atoms with E-state index < -0.39 is 17.7 Å². The lowest BCUT2D eigenvalue weighted by atomic mass is 10.1. The third kappa shape index (κ3) is 3.67. The fourth-order valence-corrected chi connectivity index (χ4v) is 3.03. The number of amides is 3. The molecule has 1 aliphatic rings. The SMILES string of the molecule is CCCCc1ccc(NC(=O)CN2C(=O)c3ccc(C)cc3C2=O)cc1. The normalized spacial score (nSPS) is 13.1. The average molecular weight is 350 g/mol. The number of nitrogens with zero attached hydrogens (tertiary/aromatic N) is 1. The molecular weight excluding hydrogens is 328 g/mol. The zero-order chi connectivity index (χ0) is 18.7. The summed E-state index contributed by atoms with van der Waals surface area (Å²) in [6.07, 6.45) is 3.28. The molecule has 26 heavy (non-hydrogen) atoms. The van der Waals surface area contributed by atoms with Gasteiger partial charge < -0.3 is 5.32 Å². The van der Waals surface area contributed by atoms with E-state index >= 15 is 0 Å². The highest BCUT2D eigenvalue weighted by molar-refractivity contribution is 6.22. The van der Waals surface area contributed by atoms with Gasteiger partial charge in [-0.15, -0.1) is 0 Å². The van der Waals surface area contributed by atoms with Gasteiger partial charge in [-0.25, -0.2) is 0 Å². The number of nitrogens with one attached hydrogen (secondary N) is 1. The zero-order valence-electron chi connectivity index (χ0n) is 15.0. The second-order valence-corrected chi connectivity index (χ2v) is 6.59. The Hall–Kier alpha value is -2.95. The van der Waals surface area contributed by atoms with Crippen molar-refractivity contribution >= 4 is 23.4 Å². The van der Waals surface area contributed by atoms with E-state index in [0.717, 1.165) is 29.7 Å². The highest BCUT2D eigenvalue weighted by Gasteiger charge is 2.36. The van der Waals surface area contributed by atoms with Crippen molar-refractivity contribution in [2.45, 2.75) is 33.1 Å². The first kappa shape index (κ1) is 17.9. The van der Waals surface area contributed by atoms with Crippen LogP contribution >= 0.6 is 0 Å². The number of imide groups is 1. The molecule has 2 aromatic rings. The molecule has 0 atom stereocenters. The van der Waals surface area contributed by atoms with E-state index in [1.807, 2.05) is 31.2 Å². The summed E-state index contributed by atoms with van der Waals surface area (Å²) in [4.78, 5) is 38.1. The first-order chi connectivity index (χ1) is 12.5. The fraction of sp³-hybridized carbons (Fsp3) is 0.286. The van der Waals surface area contributed by atoms with E-state index in [-0.39, 0.29) is 6.54 Å². The Labute approximate surface area is 153 Å². The summed E-state index contributed by atoms with van der Waals surface area (Å²) in [5, 5.41) is 2.75. The summed E-state index contributed by atoms with van der Waals surface area (Å²) in [7, 11) is 0. The number of anilines is 1. The summed E-state index contributed by atoms with van der Waals surface area (Å²) < 4.78 is 0. The van der Waals surface area contributed by atoms with Crippen LogP contribution in [0.2, 0.25) is 0 Å². The van der Waals surface area contributed by atoms with E-state index in [9.17, 15) is 14.4 Å². The van der Waals surface area contributed by atoms with Crippen LogP contribution < -0.4 is 5.32 Å². The standard InChI is InChI=1S/C21H22N2O3/c1-3-4-5-15-7-9-16(10-8-15)22-19(24)13-23-20(25)17-11-6-14(2)12-18(17)21(23)26/h6-12H,3-5,13H2,1-2H3,(H,22,24). The Balaban J connectivity index is 1.64. The Kier molecular flexibility index (Phi) is 5.16. The minimum absolute atomic E-state index is 0.289. The van der Waals surface area contributed by atoms with Gasteiger partial charge in [-0.1, -0.05) is 37.1 Å². The van der Waals surface area contributed by atoms with Gasteiger partial charge in [-0.2, -0.15) is 0 Å². The quantitative estimate of drug-likeness (QED) is 0.810. The molecule has 0 aromatic heterocycles. The molecule has 1 aliphatic heterocycles. The maximum Gasteiger partial charge on any atom is 0.262 e. The summed E-state index contributed by atoms with van der Waals surface area (Å²) in [6, 6.07) is 12.8. The first-order valence-electron chi connectivity index (χ1n) is 8.85. The molecule has 2 aromatic carbocycles. The highest BCUT2D eigenvalue weighted by Crippen LogP contribution is 2.23.